The van der Waals surface area contributed by atoms with E-state index in [-0.39, 0.29) is 23.5 Å². The molecule has 1 saturated heterocycles. The summed E-state index contributed by atoms with van der Waals surface area (Å²) in [5.41, 5.74) is 1.61. The Kier molecular flexibility index (Phi) is 5.27. The highest BCUT2D eigenvalue weighted by Crippen LogP contribution is 2.40. The number of hydrogen-bond acceptors (Lipinski definition) is 5. The van der Waals surface area contributed by atoms with Gasteiger partial charge in [-0.05, 0) is 29.8 Å². The van der Waals surface area contributed by atoms with E-state index in [9.17, 15) is 9.18 Å². The highest BCUT2D eigenvalue weighted by atomic mass is 32.2. The molecule has 0 spiro atoms. The van der Waals surface area contributed by atoms with Crippen molar-refractivity contribution in [3.05, 3.63) is 65.9 Å². The standard InChI is InChI=1S/C21H21FN4O2S/c1-21(12-29-13-21)18-11-19(26(2)25-18)24-20(27)10-14-3-4-17(16(22)9-14)28-15-5-7-23-8-6-15/h3-9,11H,10,12-13H2,1-2H3,(H,24,27). The third-order valence-corrected chi connectivity index (χ3v) is 6.53. The number of halogens is 1. The molecular weight excluding hydrogens is 391 g/mol. The van der Waals surface area contributed by atoms with Gasteiger partial charge in [0.05, 0.1) is 12.1 Å². The molecule has 2 aromatic heterocycles. The van der Waals surface area contributed by atoms with Crippen molar-refractivity contribution in [1.29, 1.82) is 0 Å². The second-order valence-electron chi connectivity index (χ2n) is 7.37. The summed E-state index contributed by atoms with van der Waals surface area (Å²) in [4.78, 5) is 16.3. The minimum absolute atomic E-state index is 0.0556. The zero-order valence-electron chi connectivity index (χ0n) is 16.2. The van der Waals surface area contributed by atoms with E-state index in [1.54, 1.807) is 42.3 Å². The van der Waals surface area contributed by atoms with Crippen LogP contribution in [-0.2, 0) is 23.7 Å². The number of benzene rings is 1. The number of rotatable bonds is 6. The monoisotopic (exact) mass is 412 g/mol. The molecule has 4 rings (SSSR count). The van der Waals surface area contributed by atoms with Crippen LogP contribution in [0.15, 0.2) is 48.8 Å². The molecule has 1 aliphatic heterocycles. The van der Waals surface area contributed by atoms with Crippen molar-refractivity contribution < 1.29 is 13.9 Å². The number of hydrogen-bond donors (Lipinski definition) is 1. The van der Waals surface area contributed by atoms with E-state index in [1.807, 2.05) is 17.8 Å². The Hall–Kier alpha value is -2.87. The molecular formula is C21H21FN4O2S. The molecule has 3 aromatic rings. The molecule has 1 aromatic carbocycles. The predicted octanol–water partition coefficient (Wildman–Crippen LogP) is 3.93. The second kappa shape index (κ2) is 7.87. The smallest absolute Gasteiger partial charge is 0.229 e. The van der Waals surface area contributed by atoms with Crippen molar-refractivity contribution in [3.8, 4) is 11.5 Å². The summed E-state index contributed by atoms with van der Waals surface area (Å²) < 4.78 is 21.5. The largest absolute Gasteiger partial charge is 0.454 e. The number of nitrogens with zero attached hydrogens (tertiary/aromatic N) is 3. The van der Waals surface area contributed by atoms with Gasteiger partial charge in [0, 0.05) is 42.4 Å². The topological polar surface area (TPSA) is 69.0 Å². The molecule has 8 heteroatoms. The van der Waals surface area contributed by atoms with Gasteiger partial charge in [0.2, 0.25) is 5.91 Å². The minimum atomic E-state index is -0.523. The fourth-order valence-electron chi connectivity index (χ4n) is 3.08. The number of aryl methyl sites for hydroxylation is 1. The van der Waals surface area contributed by atoms with E-state index < -0.39 is 5.82 Å². The number of carbonyl (C=O) groups is 1. The van der Waals surface area contributed by atoms with Crippen LogP contribution >= 0.6 is 11.8 Å². The maximum atomic E-state index is 14.4. The summed E-state index contributed by atoms with van der Waals surface area (Å²) in [6, 6.07) is 9.73. The van der Waals surface area contributed by atoms with Gasteiger partial charge in [0.25, 0.3) is 0 Å². The SMILES string of the molecule is Cn1nc(C2(C)CSC2)cc1NC(=O)Cc1ccc(Oc2ccncc2)c(F)c1. The number of amides is 1. The minimum Gasteiger partial charge on any atom is -0.454 e. The van der Waals surface area contributed by atoms with Gasteiger partial charge in [-0.3, -0.25) is 14.5 Å². The van der Waals surface area contributed by atoms with E-state index >= 15 is 0 Å². The van der Waals surface area contributed by atoms with E-state index in [0.29, 0.717) is 17.1 Å². The van der Waals surface area contributed by atoms with Crippen LogP contribution in [0, 0.1) is 5.82 Å². The van der Waals surface area contributed by atoms with Crippen LogP contribution in [0.25, 0.3) is 0 Å². The van der Waals surface area contributed by atoms with Crippen LogP contribution in [0.5, 0.6) is 11.5 Å². The molecule has 1 aliphatic rings. The molecule has 0 bridgehead atoms. The normalized spacial score (nSPS) is 14.9. The molecule has 0 saturated carbocycles. The average Bonchev–Trinajstić information content (AvgIpc) is 3.03. The molecule has 0 radical (unpaired) electrons. The van der Waals surface area contributed by atoms with Gasteiger partial charge in [-0.1, -0.05) is 13.0 Å². The van der Waals surface area contributed by atoms with E-state index in [4.69, 9.17) is 4.74 Å². The van der Waals surface area contributed by atoms with Gasteiger partial charge in [-0.2, -0.15) is 16.9 Å². The number of aromatic nitrogens is 3. The lowest BCUT2D eigenvalue weighted by Crippen LogP contribution is -2.37. The number of nitrogens with one attached hydrogen (secondary N) is 1. The number of anilines is 1. The Labute approximate surface area is 172 Å². The highest BCUT2D eigenvalue weighted by molar-refractivity contribution is 8.00. The van der Waals surface area contributed by atoms with Crippen molar-refractivity contribution in [2.75, 3.05) is 16.8 Å². The van der Waals surface area contributed by atoms with Gasteiger partial charge < -0.3 is 10.1 Å². The molecule has 0 atom stereocenters. The van der Waals surface area contributed by atoms with Crippen molar-refractivity contribution in [2.45, 2.75) is 18.8 Å². The third-order valence-electron chi connectivity index (χ3n) is 4.85. The van der Waals surface area contributed by atoms with Crippen molar-refractivity contribution in [3.63, 3.8) is 0 Å². The van der Waals surface area contributed by atoms with E-state index in [1.165, 1.54) is 12.1 Å². The molecule has 29 heavy (non-hydrogen) atoms. The van der Waals surface area contributed by atoms with E-state index in [0.717, 1.165) is 17.2 Å². The quantitative estimate of drug-likeness (QED) is 0.664. The van der Waals surface area contributed by atoms with E-state index in [2.05, 4.69) is 22.3 Å². The Morgan fingerprint density at radius 2 is 2.03 bits per heavy atom. The molecule has 150 valence electrons. The van der Waals surface area contributed by atoms with Crippen LogP contribution in [0.1, 0.15) is 18.2 Å². The fraction of sp³-hybridized carbons (Fsp3) is 0.286. The average molecular weight is 412 g/mol. The molecule has 6 nitrogen and oxygen atoms in total. The van der Waals surface area contributed by atoms with Crippen molar-refractivity contribution in [2.24, 2.45) is 7.05 Å². The Morgan fingerprint density at radius 3 is 2.69 bits per heavy atom. The maximum absolute atomic E-state index is 14.4. The lowest BCUT2D eigenvalue weighted by Gasteiger charge is -2.35. The van der Waals surface area contributed by atoms with Crippen molar-refractivity contribution >= 4 is 23.5 Å². The van der Waals surface area contributed by atoms with Gasteiger partial charge in [0.15, 0.2) is 11.6 Å². The first-order chi connectivity index (χ1) is 13.9. The summed E-state index contributed by atoms with van der Waals surface area (Å²) in [5.74, 6) is 2.55. The molecule has 1 N–H and O–H groups in total. The van der Waals surface area contributed by atoms with Gasteiger partial charge >= 0.3 is 0 Å². The first-order valence-electron chi connectivity index (χ1n) is 9.21. The van der Waals surface area contributed by atoms with Crippen LogP contribution < -0.4 is 10.1 Å². The van der Waals surface area contributed by atoms with Gasteiger partial charge in [-0.15, -0.1) is 0 Å². The summed E-state index contributed by atoms with van der Waals surface area (Å²) in [6.07, 6.45) is 3.19. The number of carbonyl (C=O) groups excluding carboxylic acids is 1. The van der Waals surface area contributed by atoms with Gasteiger partial charge in [-0.25, -0.2) is 4.39 Å². The number of ether oxygens (including phenoxy) is 1. The van der Waals surface area contributed by atoms with Gasteiger partial charge in [0.1, 0.15) is 11.6 Å². The molecule has 0 aliphatic carbocycles. The lowest BCUT2D eigenvalue weighted by molar-refractivity contribution is -0.115. The predicted molar refractivity (Wildman–Crippen MR) is 111 cm³/mol. The third kappa shape index (κ3) is 4.27. The van der Waals surface area contributed by atoms with Crippen molar-refractivity contribution in [1.82, 2.24) is 14.8 Å². The maximum Gasteiger partial charge on any atom is 0.229 e. The summed E-state index contributed by atoms with van der Waals surface area (Å²) in [6.45, 7) is 2.18. The van der Waals surface area contributed by atoms with Crippen LogP contribution in [0.4, 0.5) is 10.2 Å². The first-order valence-corrected chi connectivity index (χ1v) is 10.4. The van der Waals surface area contributed by atoms with Crippen LogP contribution in [0.3, 0.4) is 0 Å². The zero-order valence-corrected chi connectivity index (χ0v) is 17.0. The Morgan fingerprint density at radius 1 is 1.28 bits per heavy atom. The Bertz CT molecular complexity index is 1030. The lowest BCUT2D eigenvalue weighted by atomic mass is 9.91. The zero-order chi connectivity index (χ0) is 20.4. The van der Waals surface area contributed by atoms with Crippen LogP contribution in [-0.4, -0.2) is 32.2 Å². The molecule has 1 fully saturated rings. The Balaban J connectivity index is 1.40. The highest BCUT2D eigenvalue weighted by Gasteiger charge is 2.37. The second-order valence-corrected chi connectivity index (χ2v) is 8.35. The number of thioether (sulfide) groups is 1. The molecule has 3 heterocycles. The molecule has 1 amide bonds. The number of pyridine rings is 1. The summed E-state index contributed by atoms with van der Waals surface area (Å²) in [5, 5.41) is 7.41. The summed E-state index contributed by atoms with van der Waals surface area (Å²) >= 11 is 1.89. The van der Waals surface area contributed by atoms with Crippen LogP contribution in [0.2, 0.25) is 0 Å². The fourth-order valence-corrected chi connectivity index (χ4v) is 4.19. The summed E-state index contributed by atoms with van der Waals surface area (Å²) in [7, 11) is 1.80. The first kappa shape index (κ1) is 19.4. The molecule has 0 unspecified atom stereocenters.